The Hall–Kier alpha value is -0.510. The highest BCUT2D eigenvalue weighted by Crippen LogP contribution is 2.10. The van der Waals surface area contributed by atoms with Crippen LogP contribution in [0.2, 0.25) is 0 Å². The molecule has 76 valence electrons. The summed E-state index contributed by atoms with van der Waals surface area (Å²) >= 11 is 0. The molecule has 0 saturated heterocycles. The van der Waals surface area contributed by atoms with E-state index in [0.717, 1.165) is 12.8 Å². The van der Waals surface area contributed by atoms with E-state index in [1.54, 1.807) is 0 Å². The number of unbranched alkanes of at least 4 members (excludes halogenated alkanes) is 6. The van der Waals surface area contributed by atoms with Gasteiger partial charge in [0.25, 0.3) is 0 Å². The van der Waals surface area contributed by atoms with Crippen LogP contribution in [0.1, 0.15) is 58.3 Å². The molecule has 1 heteroatoms. The highest BCUT2D eigenvalue weighted by molar-refractivity contribution is 4.93. The van der Waals surface area contributed by atoms with E-state index in [1.807, 2.05) is 0 Å². The maximum Gasteiger partial charge on any atom is 0.160 e. The molecule has 0 nitrogen and oxygen atoms in total. The van der Waals surface area contributed by atoms with Crippen molar-refractivity contribution in [2.45, 2.75) is 64.5 Å². The summed E-state index contributed by atoms with van der Waals surface area (Å²) < 4.78 is 12.5. The molecule has 0 aliphatic heterocycles. The minimum Gasteiger partial charge on any atom is -0.233 e. The van der Waals surface area contributed by atoms with Crippen LogP contribution in [0, 0.1) is 12.3 Å². The minimum atomic E-state index is -1.02. The molecule has 0 rings (SSSR count). The molecule has 0 aliphatic carbocycles. The van der Waals surface area contributed by atoms with Crippen molar-refractivity contribution in [3.63, 3.8) is 0 Å². The molecule has 0 radical (unpaired) electrons. The Morgan fingerprint density at radius 3 is 2.15 bits per heavy atom. The summed E-state index contributed by atoms with van der Waals surface area (Å²) in [5, 5.41) is 0. The molecule has 0 saturated carbocycles. The average Bonchev–Trinajstić information content (AvgIpc) is 2.16. The second-order valence-electron chi connectivity index (χ2n) is 3.54. The zero-order chi connectivity index (χ0) is 9.94. The molecule has 13 heavy (non-hydrogen) atoms. The Morgan fingerprint density at radius 2 is 1.62 bits per heavy atom. The van der Waals surface area contributed by atoms with Crippen LogP contribution in [-0.4, -0.2) is 6.17 Å². The van der Waals surface area contributed by atoms with Crippen LogP contribution in [0.25, 0.3) is 0 Å². The topological polar surface area (TPSA) is 0 Å². The van der Waals surface area contributed by atoms with Crippen LogP contribution in [0.15, 0.2) is 0 Å². The van der Waals surface area contributed by atoms with Crippen molar-refractivity contribution in [2.24, 2.45) is 0 Å². The lowest BCUT2D eigenvalue weighted by Crippen LogP contribution is -1.94. The first kappa shape index (κ1) is 12.5. The van der Waals surface area contributed by atoms with Crippen LogP contribution in [0.4, 0.5) is 4.39 Å². The van der Waals surface area contributed by atoms with Gasteiger partial charge in [-0.15, -0.1) is 6.42 Å². The Kier molecular flexibility index (Phi) is 9.20. The van der Waals surface area contributed by atoms with Crippen molar-refractivity contribution in [2.75, 3.05) is 0 Å². The second kappa shape index (κ2) is 9.58. The van der Waals surface area contributed by atoms with Gasteiger partial charge in [-0.25, -0.2) is 4.39 Å². The van der Waals surface area contributed by atoms with Gasteiger partial charge in [0, 0.05) is 0 Å². The lowest BCUT2D eigenvalue weighted by atomic mass is 10.1. The molecule has 1 atom stereocenters. The molecule has 0 amide bonds. The van der Waals surface area contributed by atoms with Crippen molar-refractivity contribution in [3.8, 4) is 12.3 Å². The van der Waals surface area contributed by atoms with E-state index in [4.69, 9.17) is 6.42 Å². The molecule has 0 aliphatic rings. The molecule has 0 aromatic rings. The summed E-state index contributed by atoms with van der Waals surface area (Å²) in [4.78, 5) is 0. The molecule has 0 spiro atoms. The Morgan fingerprint density at radius 1 is 1.08 bits per heavy atom. The van der Waals surface area contributed by atoms with Gasteiger partial charge in [0.2, 0.25) is 0 Å². The van der Waals surface area contributed by atoms with E-state index in [0.29, 0.717) is 6.42 Å². The van der Waals surface area contributed by atoms with E-state index in [1.165, 1.54) is 32.1 Å². The first-order chi connectivity index (χ1) is 6.31. The molecule has 0 fully saturated rings. The first-order valence-electron chi connectivity index (χ1n) is 5.41. The van der Waals surface area contributed by atoms with Gasteiger partial charge >= 0.3 is 0 Å². The SMILES string of the molecule is C#CC(F)CCCCCCCCC. The van der Waals surface area contributed by atoms with Gasteiger partial charge in [0.15, 0.2) is 6.17 Å². The number of halogens is 1. The van der Waals surface area contributed by atoms with E-state index in [9.17, 15) is 4.39 Å². The fraction of sp³-hybridized carbons (Fsp3) is 0.833. The van der Waals surface area contributed by atoms with Crippen molar-refractivity contribution >= 4 is 0 Å². The smallest absolute Gasteiger partial charge is 0.160 e. The molecule has 0 N–H and O–H groups in total. The third-order valence-corrected chi connectivity index (χ3v) is 2.24. The molecule has 0 heterocycles. The summed E-state index contributed by atoms with van der Waals surface area (Å²) in [6.07, 6.45) is 13.0. The zero-order valence-electron chi connectivity index (χ0n) is 8.69. The number of hydrogen-bond donors (Lipinski definition) is 0. The van der Waals surface area contributed by atoms with Gasteiger partial charge in [-0.1, -0.05) is 51.4 Å². The number of terminal acetylenes is 1. The summed E-state index contributed by atoms with van der Waals surface area (Å²) in [6.45, 7) is 2.21. The first-order valence-corrected chi connectivity index (χ1v) is 5.41. The van der Waals surface area contributed by atoms with Crippen molar-refractivity contribution < 1.29 is 4.39 Å². The van der Waals surface area contributed by atoms with Crippen LogP contribution >= 0.6 is 0 Å². The van der Waals surface area contributed by atoms with E-state index in [-0.39, 0.29) is 0 Å². The number of rotatable bonds is 8. The second-order valence-corrected chi connectivity index (χ2v) is 3.54. The molecular weight excluding hydrogens is 163 g/mol. The monoisotopic (exact) mass is 184 g/mol. The van der Waals surface area contributed by atoms with Crippen LogP contribution in [0.3, 0.4) is 0 Å². The zero-order valence-corrected chi connectivity index (χ0v) is 8.69. The maximum absolute atomic E-state index is 12.5. The Labute approximate surface area is 81.9 Å². The van der Waals surface area contributed by atoms with Crippen molar-refractivity contribution in [3.05, 3.63) is 0 Å². The Bertz CT molecular complexity index is 135. The van der Waals surface area contributed by atoms with Crippen molar-refractivity contribution in [1.29, 1.82) is 0 Å². The van der Waals surface area contributed by atoms with Crippen LogP contribution < -0.4 is 0 Å². The highest BCUT2D eigenvalue weighted by atomic mass is 19.1. The van der Waals surface area contributed by atoms with E-state index >= 15 is 0 Å². The average molecular weight is 184 g/mol. The summed E-state index contributed by atoms with van der Waals surface area (Å²) in [5.74, 6) is 2.11. The van der Waals surface area contributed by atoms with Gasteiger partial charge in [-0.3, -0.25) is 0 Å². The lowest BCUT2D eigenvalue weighted by molar-refractivity contribution is 0.376. The highest BCUT2D eigenvalue weighted by Gasteiger charge is 1.99. The fourth-order valence-electron chi connectivity index (χ4n) is 1.36. The molecule has 0 aromatic carbocycles. The fourth-order valence-corrected chi connectivity index (χ4v) is 1.36. The van der Waals surface area contributed by atoms with E-state index < -0.39 is 6.17 Å². The van der Waals surface area contributed by atoms with Crippen LogP contribution in [-0.2, 0) is 0 Å². The maximum atomic E-state index is 12.5. The molecular formula is C12H21F. The summed E-state index contributed by atoms with van der Waals surface area (Å²) in [7, 11) is 0. The molecule has 0 aromatic heterocycles. The van der Waals surface area contributed by atoms with Gasteiger partial charge in [-0.2, -0.15) is 0 Å². The van der Waals surface area contributed by atoms with Gasteiger partial charge in [0.05, 0.1) is 0 Å². The molecule has 1 unspecified atom stereocenters. The van der Waals surface area contributed by atoms with Gasteiger partial charge < -0.3 is 0 Å². The normalized spacial score (nSPS) is 12.4. The van der Waals surface area contributed by atoms with Gasteiger partial charge in [0.1, 0.15) is 0 Å². The minimum absolute atomic E-state index is 0.546. The van der Waals surface area contributed by atoms with Gasteiger partial charge in [-0.05, 0) is 12.8 Å². The number of hydrogen-bond acceptors (Lipinski definition) is 0. The summed E-state index contributed by atoms with van der Waals surface area (Å²) in [6, 6.07) is 0. The van der Waals surface area contributed by atoms with Crippen molar-refractivity contribution in [1.82, 2.24) is 0 Å². The van der Waals surface area contributed by atoms with E-state index in [2.05, 4.69) is 12.8 Å². The third-order valence-electron chi connectivity index (χ3n) is 2.24. The third kappa shape index (κ3) is 9.40. The summed E-state index contributed by atoms with van der Waals surface area (Å²) in [5.41, 5.74) is 0. The van der Waals surface area contributed by atoms with Crippen LogP contribution in [0.5, 0.6) is 0 Å². The standard InChI is InChI=1S/C12H21F/c1-3-5-6-7-8-9-10-11-12(13)4-2/h2,12H,3,5-11H2,1H3. The lowest BCUT2D eigenvalue weighted by Gasteiger charge is -2.01. The predicted molar refractivity (Wildman–Crippen MR) is 56.3 cm³/mol. The number of alkyl halides is 1. The predicted octanol–water partition coefficient (Wildman–Crippen LogP) is 4.10. The molecule has 0 bridgehead atoms. The quantitative estimate of drug-likeness (QED) is 0.393. The Balaban J connectivity index is 2.96. The largest absolute Gasteiger partial charge is 0.233 e.